The van der Waals surface area contributed by atoms with E-state index >= 15 is 0 Å². The van der Waals surface area contributed by atoms with Gasteiger partial charge in [0.2, 0.25) is 0 Å². The van der Waals surface area contributed by atoms with Gasteiger partial charge in [-0.15, -0.1) is 0 Å². The van der Waals surface area contributed by atoms with Crippen molar-refractivity contribution in [2.75, 3.05) is 12.4 Å². The summed E-state index contributed by atoms with van der Waals surface area (Å²) in [6.07, 6.45) is 8.34. The van der Waals surface area contributed by atoms with E-state index in [1.807, 2.05) is 0 Å². The monoisotopic (exact) mass is 219 g/mol. The van der Waals surface area contributed by atoms with Crippen LogP contribution in [0.4, 0.5) is 5.82 Å². The molecule has 0 bridgehead atoms. The predicted octanol–water partition coefficient (Wildman–Crippen LogP) is 1.46. The molecule has 15 heavy (non-hydrogen) atoms. The molecule has 0 aliphatic rings. The summed E-state index contributed by atoms with van der Waals surface area (Å²) < 4.78 is 0. The van der Waals surface area contributed by atoms with Crippen molar-refractivity contribution in [3.05, 3.63) is 31.0 Å². The maximum absolute atomic E-state index is 4.31. The average Bonchev–Trinajstić information content (AvgIpc) is 2.31. The molecular weight excluding hydrogens is 210 g/mol. The molecule has 0 amide bonds. The summed E-state index contributed by atoms with van der Waals surface area (Å²) in [7, 11) is 1.81. The molecule has 0 spiro atoms. The average molecular weight is 219 g/mol. The molecule has 0 saturated carbocycles. The lowest BCUT2D eigenvalue weighted by atomic mass is 10.7. The third-order valence-corrected chi connectivity index (χ3v) is 2.44. The number of nitrogens with one attached hydrogen (secondary N) is 1. The third-order valence-electron chi connectivity index (χ3n) is 1.62. The van der Waals surface area contributed by atoms with Gasteiger partial charge in [0.1, 0.15) is 15.9 Å². The molecule has 0 atom stereocenters. The fourth-order valence-corrected chi connectivity index (χ4v) is 1.66. The van der Waals surface area contributed by atoms with Gasteiger partial charge in [-0.05, 0) is 11.8 Å². The molecule has 1 N–H and O–H groups in total. The van der Waals surface area contributed by atoms with Gasteiger partial charge in [0.05, 0.1) is 18.6 Å². The molecule has 0 unspecified atom stereocenters. The van der Waals surface area contributed by atoms with Gasteiger partial charge in [-0.25, -0.2) is 9.97 Å². The van der Waals surface area contributed by atoms with Crippen LogP contribution in [0.5, 0.6) is 0 Å². The van der Waals surface area contributed by atoms with Crippen molar-refractivity contribution in [1.82, 2.24) is 19.9 Å². The second kappa shape index (κ2) is 4.70. The molecule has 0 aliphatic heterocycles. The summed E-state index contributed by atoms with van der Waals surface area (Å²) in [6.45, 7) is 0. The SMILES string of the molecule is CNc1cncc(Sc2cnccn2)n1. The van der Waals surface area contributed by atoms with Gasteiger partial charge in [0.15, 0.2) is 0 Å². The Kier molecular flexibility index (Phi) is 3.08. The minimum atomic E-state index is 0.740. The molecule has 2 heterocycles. The second-order valence-electron chi connectivity index (χ2n) is 2.64. The van der Waals surface area contributed by atoms with Crippen molar-refractivity contribution in [2.45, 2.75) is 10.1 Å². The van der Waals surface area contributed by atoms with E-state index in [1.165, 1.54) is 11.8 Å². The molecule has 2 rings (SSSR count). The Hall–Kier alpha value is -1.69. The Balaban J connectivity index is 2.17. The van der Waals surface area contributed by atoms with E-state index < -0.39 is 0 Å². The maximum atomic E-state index is 4.31. The van der Waals surface area contributed by atoms with E-state index in [9.17, 15) is 0 Å². The molecular formula is C9H9N5S. The highest BCUT2D eigenvalue weighted by atomic mass is 32.2. The van der Waals surface area contributed by atoms with Gasteiger partial charge in [0.25, 0.3) is 0 Å². The van der Waals surface area contributed by atoms with Crippen LogP contribution in [0, 0.1) is 0 Å². The van der Waals surface area contributed by atoms with Crippen molar-refractivity contribution in [3.8, 4) is 0 Å². The normalized spacial score (nSPS) is 9.93. The first kappa shape index (κ1) is 9.85. The Morgan fingerprint density at radius 2 is 1.93 bits per heavy atom. The Labute approximate surface area is 91.4 Å². The van der Waals surface area contributed by atoms with E-state index in [-0.39, 0.29) is 0 Å². The molecule has 0 saturated heterocycles. The Morgan fingerprint density at radius 1 is 1.07 bits per heavy atom. The van der Waals surface area contributed by atoms with Crippen LogP contribution in [0.2, 0.25) is 0 Å². The van der Waals surface area contributed by atoms with Crippen molar-refractivity contribution < 1.29 is 0 Å². The van der Waals surface area contributed by atoms with E-state index in [0.29, 0.717) is 0 Å². The quantitative estimate of drug-likeness (QED) is 0.843. The van der Waals surface area contributed by atoms with Crippen LogP contribution in [0.3, 0.4) is 0 Å². The van der Waals surface area contributed by atoms with Gasteiger partial charge in [-0.2, -0.15) is 0 Å². The van der Waals surface area contributed by atoms with Crippen molar-refractivity contribution in [1.29, 1.82) is 0 Å². The summed E-state index contributed by atoms with van der Waals surface area (Å²) in [6, 6.07) is 0. The summed E-state index contributed by atoms with van der Waals surface area (Å²) >= 11 is 1.43. The minimum absolute atomic E-state index is 0.740. The maximum Gasteiger partial charge on any atom is 0.145 e. The van der Waals surface area contributed by atoms with E-state index in [4.69, 9.17) is 0 Å². The fourth-order valence-electron chi connectivity index (χ4n) is 0.963. The smallest absolute Gasteiger partial charge is 0.145 e. The first-order valence-electron chi connectivity index (χ1n) is 4.32. The number of aromatic nitrogens is 4. The Morgan fingerprint density at radius 3 is 2.67 bits per heavy atom. The second-order valence-corrected chi connectivity index (χ2v) is 3.68. The summed E-state index contributed by atoms with van der Waals surface area (Å²) in [4.78, 5) is 16.5. The molecule has 6 heteroatoms. The molecule has 76 valence electrons. The number of rotatable bonds is 3. The zero-order chi connectivity index (χ0) is 10.5. The number of hydrogen-bond acceptors (Lipinski definition) is 6. The van der Waals surface area contributed by atoms with Gasteiger partial charge in [0, 0.05) is 19.4 Å². The molecule has 0 fully saturated rings. The van der Waals surface area contributed by atoms with Crippen LogP contribution < -0.4 is 5.32 Å². The first-order chi connectivity index (χ1) is 7.38. The Bertz CT molecular complexity index is 434. The zero-order valence-electron chi connectivity index (χ0n) is 8.08. The van der Waals surface area contributed by atoms with Crippen molar-refractivity contribution in [2.24, 2.45) is 0 Å². The van der Waals surface area contributed by atoms with E-state index in [1.54, 1.807) is 38.0 Å². The van der Waals surface area contributed by atoms with Crippen LogP contribution in [0.1, 0.15) is 0 Å². The first-order valence-corrected chi connectivity index (χ1v) is 5.14. The molecule has 5 nitrogen and oxygen atoms in total. The number of anilines is 1. The van der Waals surface area contributed by atoms with Gasteiger partial charge in [-0.3, -0.25) is 9.97 Å². The summed E-state index contributed by atoms with van der Waals surface area (Å²) in [5, 5.41) is 4.53. The topological polar surface area (TPSA) is 63.6 Å². The highest BCUT2D eigenvalue weighted by Crippen LogP contribution is 2.22. The summed E-state index contributed by atoms with van der Waals surface area (Å²) in [5.74, 6) is 0.740. The van der Waals surface area contributed by atoms with Crippen molar-refractivity contribution >= 4 is 17.6 Å². The van der Waals surface area contributed by atoms with Crippen LogP contribution in [-0.4, -0.2) is 27.0 Å². The number of hydrogen-bond donors (Lipinski definition) is 1. The molecule has 2 aromatic rings. The van der Waals surface area contributed by atoms with E-state index in [0.717, 1.165) is 15.9 Å². The molecule has 0 aromatic carbocycles. The lowest BCUT2D eigenvalue weighted by Crippen LogP contribution is -1.94. The van der Waals surface area contributed by atoms with Crippen LogP contribution in [0.15, 0.2) is 41.0 Å². The molecule has 2 aromatic heterocycles. The lowest BCUT2D eigenvalue weighted by molar-refractivity contribution is 1.02. The minimum Gasteiger partial charge on any atom is -0.372 e. The van der Waals surface area contributed by atoms with Crippen LogP contribution >= 0.6 is 11.8 Å². The number of nitrogens with zero attached hydrogens (tertiary/aromatic N) is 4. The van der Waals surface area contributed by atoms with Crippen LogP contribution in [0.25, 0.3) is 0 Å². The van der Waals surface area contributed by atoms with Crippen LogP contribution in [-0.2, 0) is 0 Å². The predicted molar refractivity (Wildman–Crippen MR) is 57.7 cm³/mol. The summed E-state index contributed by atoms with van der Waals surface area (Å²) in [5.41, 5.74) is 0. The largest absolute Gasteiger partial charge is 0.372 e. The zero-order valence-corrected chi connectivity index (χ0v) is 8.90. The van der Waals surface area contributed by atoms with E-state index in [2.05, 4.69) is 25.3 Å². The van der Waals surface area contributed by atoms with Gasteiger partial charge >= 0.3 is 0 Å². The molecule has 0 aliphatic carbocycles. The highest BCUT2D eigenvalue weighted by Gasteiger charge is 2.01. The molecule has 0 radical (unpaired) electrons. The van der Waals surface area contributed by atoms with Crippen molar-refractivity contribution in [3.63, 3.8) is 0 Å². The lowest BCUT2D eigenvalue weighted by Gasteiger charge is -2.01. The van der Waals surface area contributed by atoms with Gasteiger partial charge in [-0.1, -0.05) is 0 Å². The van der Waals surface area contributed by atoms with Gasteiger partial charge < -0.3 is 5.32 Å². The third kappa shape index (κ3) is 2.63. The highest BCUT2D eigenvalue weighted by molar-refractivity contribution is 7.99. The fraction of sp³-hybridized carbons (Fsp3) is 0.111. The standard InChI is InChI=1S/C9H9N5S/c1-10-7-4-12-6-9(14-7)15-8-5-11-2-3-13-8/h2-6H,1H3,(H,10,14).